The van der Waals surface area contributed by atoms with Crippen molar-refractivity contribution in [2.45, 2.75) is 65.3 Å². The van der Waals surface area contributed by atoms with Crippen molar-refractivity contribution in [3.63, 3.8) is 0 Å². The van der Waals surface area contributed by atoms with E-state index in [1.165, 1.54) is 14.1 Å². The first-order chi connectivity index (χ1) is 11.8. The van der Waals surface area contributed by atoms with E-state index in [-0.39, 0.29) is 36.5 Å². The minimum absolute atomic E-state index is 0.0907. The molecule has 0 radical (unpaired) electrons. The summed E-state index contributed by atoms with van der Waals surface area (Å²) in [6, 6.07) is -0.494. The second-order valence-electron chi connectivity index (χ2n) is 6.33. The van der Waals surface area contributed by atoms with Gasteiger partial charge in [-0.05, 0) is 26.2 Å². The van der Waals surface area contributed by atoms with Gasteiger partial charge in [-0.1, -0.05) is 20.3 Å². The largest absolute Gasteiger partial charge is 0.359 e. The van der Waals surface area contributed by atoms with Crippen molar-refractivity contribution >= 4 is 23.4 Å². The molecule has 0 saturated heterocycles. The Labute approximate surface area is 151 Å². The van der Waals surface area contributed by atoms with Crippen LogP contribution in [-0.4, -0.2) is 50.1 Å². The number of hydrogen-bond donors (Lipinski definition) is 3. The van der Waals surface area contributed by atoms with E-state index in [1.54, 1.807) is 0 Å². The highest BCUT2D eigenvalue weighted by Crippen LogP contribution is 2.10. The van der Waals surface area contributed by atoms with Crippen molar-refractivity contribution in [3.05, 3.63) is 0 Å². The van der Waals surface area contributed by atoms with Gasteiger partial charge in [0.25, 0.3) is 0 Å². The molecule has 0 aromatic heterocycles. The van der Waals surface area contributed by atoms with Crippen LogP contribution >= 0.6 is 0 Å². The Balaban J connectivity index is 4.36. The molecule has 144 valence electrons. The fraction of sp³-hybridized carbons (Fsp3) is 0.778. The molecule has 0 aliphatic rings. The Kier molecular flexibility index (Phi) is 12.4. The summed E-state index contributed by atoms with van der Waals surface area (Å²) in [5.74, 6) is -0.684. The van der Waals surface area contributed by atoms with Gasteiger partial charge in [0.05, 0.1) is 0 Å². The Morgan fingerprint density at radius 2 is 1.56 bits per heavy atom. The van der Waals surface area contributed by atoms with E-state index < -0.39 is 6.04 Å². The molecule has 3 N–H and O–H groups in total. The molecule has 7 heteroatoms. The predicted molar refractivity (Wildman–Crippen MR) is 101 cm³/mol. The van der Waals surface area contributed by atoms with Crippen molar-refractivity contribution in [2.75, 3.05) is 20.6 Å². The predicted octanol–water partition coefficient (Wildman–Crippen LogP) is 1.42. The van der Waals surface area contributed by atoms with Crippen molar-refractivity contribution in [3.8, 4) is 0 Å². The molecule has 0 aromatic rings. The second kappa shape index (κ2) is 13.4. The van der Waals surface area contributed by atoms with E-state index >= 15 is 0 Å². The first-order valence-corrected chi connectivity index (χ1v) is 9.05. The maximum atomic E-state index is 12.3. The first-order valence-electron chi connectivity index (χ1n) is 9.05. The summed E-state index contributed by atoms with van der Waals surface area (Å²) in [6.07, 6.45) is 3.79. The van der Waals surface area contributed by atoms with E-state index in [4.69, 9.17) is 0 Å². The summed E-state index contributed by atoms with van der Waals surface area (Å²) < 4.78 is 0. The average Bonchev–Trinajstić information content (AvgIpc) is 2.60. The van der Waals surface area contributed by atoms with Gasteiger partial charge in [0, 0.05) is 51.2 Å². The topological polar surface area (TPSA) is 99.7 Å². The number of amides is 3. The number of hydrogen-bond acceptors (Lipinski definition) is 4. The number of unbranched alkanes of at least 4 members (excludes halogenated alkanes) is 1. The molecular weight excluding hydrogens is 320 g/mol. The standard InChI is InChI=1S/C18H34N4O3/c1-6-14(3)21-10-8-7-9-13(2)18(25)22-15(11-16(23)19-4)12-17(24)20-5/h13,15H,6-12H2,1-5H3,(H,19,23)(H,20,24)(H,22,25). The zero-order chi connectivity index (χ0) is 19.2. The van der Waals surface area contributed by atoms with E-state index in [9.17, 15) is 14.4 Å². The van der Waals surface area contributed by atoms with E-state index in [0.29, 0.717) is 0 Å². The fourth-order valence-electron chi connectivity index (χ4n) is 2.24. The normalized spacial score (nSPS) is 12.6. The molecule has 0 rings (SSSR count). The molecule has 7 nitrogen and oxygen atoms in total. The Morgan fingerprint density at radius 3 is 2.04 bits per heavy atom. The minimum atomic E-state index is -0.494. The van der Waals surface area contributed by atoms with Crippen molar-refractivity contribution in [1.29, 1.82) is 0 Å². The Hall–Kier alpha value is -1.92. The van der Waals surface area contributed by atoms with Gasteiger partial charge in [0.15, 0.2) is 0 Å². The molecule has 25 heavy (non-hydrogen) atoms. The van der Waals surface area contributed by atoms with Crippen molar-refractivity contribution in [2.24, 2.45) is 10.9 Å². The molecule has 1 atom stereocenters. The van der Waals surface area contributed by atoms with Crippen LogP contribution in [0.25, 0.3) is 0 Å². The number of aliphatic imine (C=N–C) groups is 1. The van der Waals surface area contributed by atoms with Gasteiger partial charge < -0.3 is 16.0 Å². The van der Waals surface area contributed by atoms with Gasteiger partial charge in [0.2, 0.25) is 17.7 Å². The quantitative estimate of drug-likeness (QED) is 0.365. The summed E-state index contributed by atoms with van der Waals surface area (Å²) in [4.78, 5) is 39.9. The van der Waals surface area contributed by atoms with E-state index in [1.807, 2.05) is 13.8 Å². The fourth-order valence-corrected chi connectivity index (χ4v) is 2.24. The molecule has 3 amide bonds. The molecule has 0 heterocycles. The molecule has 0 aliphatic heterocycles. The van der Waals surface area contributed by atoms with Gasteiger partial charge in [0.1, 0.15) is 0 Å². The summed E-state index contributed by atoms with van der Waals surface area (Å²) in [6.45, 7) is 6.77. The second-order valence-corrected chi connectivity index (χ2v) is 6.33. The third-order valence-corrected chi connectivity index (χ3v) is 4.15. The van der Waals surface area contributed by atoms with Gasteiger partial charge >= 0.3 is 0 Å². The molecule has 0 saturated carbocycles. The van der Waals surface area contributed by atoms with Crippen LogP contribution in [0.5, 0.6) is 0 Å². The van der Waals surface area contributed by atoms with Gasteiger partial charge in [-0.15, -0.1) is 0 Å². The minimum Gasteiger partial charge on any atom is -0.359 e. The van der Waals surface area contributed by atoms with Crippen LogP contribution in [0.1, 0.15) is 59.3 Å². The summed E-state index contributed by atoms with van der Waals surface area (Å²) in [7, 11) is 3.07. The highest BCUT2D eigenvalue weighted by Gasteiger charge is 2.21. The van der Waals surface area contributed by atoms with Crippen LogP contribution in [0.4, 0.5) is 0 Å². The SMILES string of the molecule is CCC(C)=NCCCCC(C)C(=O)NC(CC(=O)NC)CC(=O)NC. The summed E-state index contributed by atoms with van der Waals surface area (Å²) in [5.41, 5.74) is 1.15. The summed E-state index contributed by atoms with van der Waals surface area (Å²) in [5, 5.41) is 7.86. The molecule has 0 fully saturated rings. The van der Waals surface area contributed by atoms with E-state index in [0.717, 1.165) is 37.9 Å². The maximum Gasteiger partial charge on any atom is 0.223 e. The van der Waals surface area contributed by atoms with Crippen LogP contribution in [0.3, 0.4) is 0 Å². The Morgan fingerprint density at radius 1 is 1.00 bits per heavy atom. The smallest absolute Gasteiger partial charge is 0.223 e. The Bertz CT molecular complexity index is 445. The van der Waals surface area contributed by atoms with Gasteiger partial charge in [-0.3, -0.25) is 19.4 Å². The molecule has 0 aromatic carbocycles. The van der Waals surface area contributed by atoms with Crippen LogP contribution in [0.15, 0.2) is 4.99 Å². The molecule has 0 aliphatic carbocycles. The third kappa shape index (κ3) is 11.3. The first kappa shape index (κ1) is 23.1. The molecule has 1 unspecified atom stereocenters. The lowest BCUT2D eigenvalue weighted by molar-refractivity contribution is -0.127. The highest BCUT2D eigenvalue weighted by atomic mass is 16.2. The zero-order valence-electron chi connectivity index (χ0n) is 16.3. The van der Waals surface area contributed by atoms with Crippen molar-refractivity contribution < 1.29 is 14.4 Å². The molecule has 0 spiro atoms. The number of carbonyl (C=O) groups is 3. The maximum absolute atomic E-state index is 12.3. The highest BCUT2D eigenvalue weighted by molar-refractivity contribution is 5.83. The van der Waals surface area contributed by atoms with Crippen LogP contribution < -0.4 is 16.0 Å². The molecule has 0 bridgehead atoms. The number of nitrogens with zero attached hydrogens (tertiary/aromatic N) is 1. The summed E-state index contributed by atoms with van der Waals surface area (Å²) >= 11 is 0. The van der Waals surface area contributed by atoms with E-state index in [2.05, 4.69) is 27.9 Å². The lowest BCUT2D eigenvalue weighted by atomic mass is 10.0. The van der Waals surface area contributed by atoms with Gasteiger partial charge in [-0.2, -0.15) is 0 Å². The number of nitrogens with one attached hydrogen (secondary N) is 3. The van der Waals surface area contributed by atoms with Crippen molar-refractivity contribution in [1.82, 2.24) is 16.0 Å². The number of rotatable bonds is 12. The number of carbonyl (C=O) groups excluding carboxylic acids is 3. The zero-order valence-corrected chi connectivity index (χ0v) is 16.3. The van der Waals surface area contributed by atoms with Crippen LogP contribution in [0, 0.1) is 5.92 Å². The monoisotopic (exact) mass is 354 g/mol. The third-order valence-electron chi connectivity index (χ3n) is 4.15. The lowest BCUT2D eigenvalue weighted by Gasteiger charge is -2.20. The molecular formula is C18H34N4O3. The average molecular weight is 354 g/mol. The van der Waals surface area contributed by atoms with Crippen LogP contribution in [0.2, 0.25) is 0 Å². The van der Waals surface area contributed by atoms with Crippen LogP contribution in [-0.2, 0) is 14.4 Å². The van der Waals surface area contributed by atoms with Gasteiger partial charge in [-0.25, -0.2) is 0 Å². The lowest BCUT2D eigenvalue weighted by Crippen LogP contribution is -2.43.